The van der Waals surface area contributed by atoms with E-state index in [-0.39, 0.29) is 6.04 Å². The average Bonchev–Trinajstić information content (AvgIpc) is 2.75. The van der Waals surface area contributed by atoms with Crippen molar-refractivity contribution in [3.63, 3.8) is 0 Å². The first-order valence-electron chi connectivity index (χ1n) is 5.38. The van der Waals surface area contributed by atoms with E-state index in [0.717, 1.165) is 27.2 Å². The van der Waals surface area contributed by atoms with Crippen LogP contribution in [-0.4, -0.2) is 14.3 Å². The van der Waals surface area contributed by atoms with Crippen molar-refractivity contribution >= 4 is 23.3 Å². The predicted octanol–water partition coefficient (Wildman–Crippen LogP) is 2.80. The minimum Gasteiger partial charge on any atom is -0.323 e. The molecule has 17 heavy (non-hydrogen) atoms. The standard InChI is InChI=1S/C11H14N4S2/c1-3-9(12)10-5-4-8(6-13-10)16-11-14-7(2)15-17-11/h4-6,9H,3,12H2,1-2H3/t9-/m1/s1. The zero-order valence-corrected chi connectivity index (χ0v) is 11.4. The Morgan fingerprint density at radius 2 is 2.29 bits per heavy atom. The molecule has 6 heteroatoms. The van der Waals surface area contributed by atoms with Crippen LogP contribution in [0.5, 0.6) is 0 Å². The highest BCUT2D eigenvalue weighted by atomic mass is 32.2. The highest BCUT2D eigenvalue weighted by molar-refractivity contribution is 8.01. The molecule has 0 saturated carbocycles. The molecule has 0 aliphatic rings. The van der Waals surface area contributed by atoms with Crippen molar-refractivity contribution in [3.05, 3.63) is 29.8 Å². The van der Waals surface area contributed by atoms with Gasteiger partial charge in [-0.05, 0) is 37.0 Å². The highest BCUT2D eigenvalue weighted by Crippen LogP contribution is 2.28. The largest absolute Gasteiger partial charge is 0.323 e. The van der Waals surface area contributed by atoms with Gasteiger partial charge in [0.05, 0.1) is 5.69 Å². The minimum absolute atomic E-state index is 0.0258. The lowest BCUT2D eigenvalue weighted by Crippen LogP contribution is -2.10. The summed E-state index contributed by atoms with van der Waals surface area (Å²) in [6, 6.07) is 4.03. The Hall–Kier alpha value is -0.980. The fourth-order valence-corrected chi connectivity index (χ4v) is 2.90. The third-order valence-electron chi connectivity index (χ3n) is 2.29. The van der Waals surface area contributed by atoms with E-state index in [9.17, 15) is 0 Å². The van der Waals surface area contributed by atoms with Crippen LogP contribution in [0, 0.1) is 6.92 Å². The maximum absolute atomic E-state index is 5.91. The molecule has 0 aromatic carbocycles. The lowest BCUT2D eigenvalue weighted by atomic mass is 10.1. The van der Waals surface area contributed by atoms with E-state index in [1.165, 1.54) is 11.5 Å². The SMILES string of the molecule is CC[C@@H](N)c1ccc(Sc2nc(C)ns2)cn1. The van der Waals surface area contributed by atoms with Crippen LogP contribution in [-0.2, 0) is 0 Å². The first-order chi connectivity index (χ1) is 8.19. The van der Waals surface area contributed by atoms with Crippen LogP contribution in [0.15, 0.2) is 27.6 Å². The van der Waals surface area contributed by atoms with Crippen molar-refractivity contribution < 1.29 is 0 Å². The Kier molecular flexibility index (Phi) is 4.09. The number of nitrogens with two attached hydrogens (primary N) is 1. The second kappa shape index (κ2) is 5.57. The van der Waals surface area contributed by atoms with Gasteiger partial charge >= 0.3 is 0 Å². The molecule has 0 fully saturated rings. The van der Waals surface area contributed by atoms with Gasteiger partial charge in [0.2, 0.25) is 0 Å². The average molecular weight is 266 g/mol. The molecule has 0 radical (unpaired) electrons. The Bertz CT molecular complexity index is 480. The smallest absolute Gasteiger partial charge is 0.174 e. The van der Waals surface area contributed by atoms with Crippen molar-refractivity contribution in [1.29, 1.82) is 0 Å². The summed E-state index contributed by atoms with van der Waals surface area (Å²) >= 11 is 2.99. The van der Waals surface area contributed by atoms with Crippen molar-refractivity contribution in [2.75, 3.05) is 0 Å². The molecule has 0 spiro atoms. The second-order valence-corrected chi connectivity index (χ2v) is 5.72. The monoisotopic (exact) mass is 266 g/mol. The predicted molar refractivity (Wildman–Crippen MR) is 70.2 cm³/mol. The van der Waals surface area contributed by atoms with Crippen molar-refractivity contribution in [3.8, 4) is 0 Å². The van der Waals surface area contributed by atoms with E-state index in [2.05, 4.69) is 21.3 Å². The summed E-state index contributed by atoms with van der Waals surface area (Å²) in [4.78, 5) is 9.72. The number of aryl methyl sites for hydroxylation is 1. The molecule has 2 heterocycles. The van der Waals surface area contributed by atoms with E-state index >= 15 is 0 Å². The van der Waals surface area contributed by atoms with Crippen molar-refractivity contribution in [2.45, 2.75) is 35.5 Å². The molecule has 0 unspecified atom stereocenters. The number of rotatable bonds is 4. The third kappa shape index (κ3) is 3.24. The zero-order chi connectivity index (χ0) is 12.3. The van der Waals surface area contributed by atoms with Crippen molar-refractivity contribution in [2.24, 2.45) is 5.73 Å². The lowest BCUT2D eigenvalue weighted by Gasteiger charge is -2.07. The van der Waals surface area contributed by atoms with E-state index < -0.39 is 0 Å². The Morgan fingerprint density at radius 1 is 1.47 bits per heavy atom. The van der Waals surface area contributed by atoms with Gasteiger partial charge in [0.1, 0.15) is 5.82 Å². The van der Waals surface area contributed by atoms with Crippen LogP contribution in [0.1, 0.15) is 30.9 Å². The van der Waals surface area contributed by atoms with Crippen LogP contribution in [0.25, 0.3) is 0 Å². The van der Waals surface area contributed by atoms with Gasteiger partial charge in [-0.1, -0.05) is 18.7 Å². The molecule has 0 amide bonds. The third-order valence-corrected chi connectivity index (χ3v) is 4.11. The first-order valence-corrected chi connectivity index (χ1v) is 6.97. The van der Waals surface area contributed by atoms with Crippen LogP contribution in [0.4, 0.5) is 0 Å². The van der Waals surface area contributed by atoms with Gasteiger partial charge in [-0.3, -0.25) is 4.98 Å². The molecule has 0 aliphatic heterocycles. The van der Waals surface area contributed by atoms with Gasteiger partial charge in [0.15, 0.2) is 4.34 Å². The number of pyridine rings is 1. The molecule has 90 valence electrons. The summed E-state index contributed by atoms with van der Waals surface area (Å²) < 4.78 is 5.08. The van der Waals surface area contributed by atoms with Gasteiger partial charge in [-0.15, -0.1) is 0 Å². The van der Waals surface area contributed by atoms with Gasteiger partial charge in [-0.25, -0.2) is 4.98 Å². The molecular weight excluding hydrogens is 252 g/mol. The minimum atomic E-state index is 0.0258. The quantitative estimate of drug-likeness (QED) is 0.921. The van der Waals surface area contributed by atoms with Crippen LogP contribution in [0.3, 0.4) is 0 Å². The Morgan fingerprint density at radius 3 is 2.82 bits per heavy atom. The molecule has 0 aliphatic carbocycles. The summed E-state index contributed by atoms with van der Waals surface area (Å²) in [6.45, 7) is 3.95. The number of aromatic nitrogens is 3. The summed E-state index contributed by atoms with van der Waals surface area (Å²) in [7, 11) is 0. The Labute approximate surface area is 109 Å². The lowest BCUT2D eigenvalue weighted by molar-refractivity contribution is 0.674. The van der Waals surface area contributed by atoms with E-state index in [1.54, 1.807) is 11.8 Å². The number of nitrogens with zero attached hydrogens (tertiary/aromatic N) is 3. The van der Waals surface area contributed by atoms with Gasteiger partial charge in [0.25, 0.3) is 0 Å². The number of hydrogen-bond acceptors (Lipinski definition) is 6. The summed E-state index contributed by atoms with van der Waals surface area (Å²) in [6.07, 6.45) is 2.74. The maximum Gasteiger partial charge on any atom is 0.174 e. The first kappa shape index (κ1) is 12.5. The number of hydrogen-bond donors (Lipinski definition) is 1. The summed E-state index contributed by atoms with van der Waals surface area (Å²) in [5.41, 5.74) is 6.85. The molecule has 2 N–H and O–H groups in total. The zero-order valence-electron chi connectivity index (χ0n) is 9.75. The summed E-state index contributed by atoms with van der Waals surface area (Å²) in [5.74, 6) is 0.815. The van der Waals surface area contributed by atoms with E-state index in [4.69, 9.17) is 5.73 Å². The summed E-state index contributed by atoms with van der Waals surface area (Å²) in [5, 5.41) is 0. The second-order valence-electron chi connectivity index (χ2n) is 3.64. The van der Waals surface area contributed by atoms with Crippen LogP contribution >= 0.6 is 23.3 Å². The van der Waals surface area contributed by atoms with E-state index in [0.29, 0.717) is 0 Å². The molecule has 2 aromatic heterocycles. The topological polar surface area (TPSA) is 64.7 Å². The molecule has 2 aromatic rings. The fraction of sp³-hybridized carbons (Fsp3) is 0.364. The van der Waals surface area contributed by atoms with Crippen molar-refractivity contribution in [1.82, 2.24) is 14.3 Å². The fourth-order valence-electron chi connectivity index (χ4n) is 1.30. The molecule has 4 nitrogen and oxygen atoms in total. The molecule has 0 bridgehead atoms. The highest BCUT2D eigenvalue weighted by Gasteiger charge is 2.06. The maximum atomic E-state index is 5.91. The van der Waals surface area contributed by atoms with Gasteiger partial charge < -0.3 is 5.73 Å². The van der Waals surface area contributed by atoms with Crippen LogP contribution < -0.4 is 5.73 Å². The van der Waals surface area contributed by atoms with E-state index in [1.807, 2.05) is 25.3 Å². The molecule has 2 rings (SSSR count). The van der Waals surface area contributed by atoms with Gasteiger partial charge in [-0.2, -0.15) is 4.37 Å². The Balaban J connectivity index is 2.08. The molecule has 0 saturated heterocycles. The molecular formula is C11H14N4S2. The van der Waals surface area contributed by atoms with Crippen LogP contribution in [0.2, 0.25) is 0 Å². The normalized spacial score (nSPS) is 12.6. The molecule has 1 atom stereocenters. The van der Waals surface area contributed by atoms with Gasteiger partial charge in [0, 0.05) is 17.1 Å².